The summed E-state index contributed by atoms with van der Waals surface area (Å²) in [6.07, 6.45) is 1.21. The predicted octanol–water partition coefficient (Wildman–Crippen LogP) is 4.69. The van der Waals surface area contributed by atoms with Gasteiger partial charge in [-0.3, -0.25) is 9.59 Å². The van der Waals surface area contributed by atoms with Crippen LogP contribution in [0.15, 0.2) is 66.7 Å². The highest BCUT2D eigenvalue weighted by Crippen LogP contribution is 2.30. The van der Waals surface area contributed by atoms with Crippen molar-refractivity contribution in [1.29, 1.82) is 5.26 Å². The molecule has 0 bridgehead atoms. The highest BCUT2D eigenvalue weighted by molar-refractivity contribution is 6.05. The third-order valence-electron chi connectivity index (χ3n) is 5.39. The number of nitrogens with one attached hydrogen (secondary N) is 1. The minimum Gasteiger partial charge on any atom is -0.489 e. The molecular weight excluding hydrogens is 402 g/mol. The molecule has 32 heavy (non-hydrogen) atoms. The Labute approximate surface area is 187 Å². The lowest BCUT2D eigenvalue weighted by Crippen LogP contribution is -2.27. The first-order valence-electron chi connectivity index (χ1n) is 10.5. The Morgan fingerprint density at radius 1 is 1.09 bits per heavy atom. The number of carbonyl (C=O) groups excluding carboxylic acids is 2. The molecule has 0 aliphatic carbocycles. The molecular formula is C26H23N3O3. The van der Waals surface area contributed by atoms with Crippen LogP contribution in [0.1, 0.15) is 40.4 Å². The van der Waals surface area contributed by atoms with Crippen molar-refractivity contribution in [3.05, 3.63) is 89.0 Å². The zero-order valence-electron chi connectivity index (χ0n) is 17.8. The van der Waals surface area contributed by atoms with Crippen molar-refractivity contribution >= 4 is 23.2 Å². The summed E-state index contributed by atoms with van der Waals surface area (Å²) in [5.74, 6) is 0.497. The van der Waals surface area contributed by atoms with E-state index in [1.54, 1.807) is 35.2 Å². The summed E-state index contributed by atoms with van der Waals surface area (Å²) in [6.45, 7) is 2.83. The summed E-state index contributed by atoms with van der Waals surface area (Å²) in [7, 11) is 0. The van der Waals surface area contributed by atoms with Crippen molar-refractivity contribution in [3.63, 3.8) is 0 Å². The van der Waals surface area contributed by atoms with Crippen LogP contribution in [0.2, 0.25) is 0 Å². The van der Waals surface area contributed by atoms with Gasteiger partial charge in [0.1, 0.15) is 12.4 Å². The van der Waals surface area contributed by atoms with Gasteiger partial charge in [0.2, 0.25) is 5.91 Å². The summed E-state index contributed by atoms with van der Waals surface area (Å²) in [4.78, 5) is 26.6. The van der Waals surface area contributed by atoms with Crippen LogP contribution in [-0.2, 0) is 17.8 Å². The first kappa shape index (κ1) is 21.1. The van der Waals surface area contributed by atoms with Gasteiger partial charge in [-0.25, -0.2) is 0 Å². The van der Waals surface area contributed by atoms with E-state index < -0.39 is 0 Å². The van der Waals surface area contributed by atoms with Gasteiger partial charge in [0.05, 0.1) is 11.6 Å². The van der Waals surface area contributed by atoms with Gasteiger partial charge >= 0.3 is 0 Å². The summed E-state index contributed by atoms with van der Waals surface area (Å²) in [6, 6.07) is 22.0. The van der Waals surface area contributed by atoms with E-state index in [1.165, 1.54) is 0 Å². The normalized spacial score (nSPS) is 12.1. The van der Waals surface area contributed by atoms with E-state index in [0.29, 0.717) is 42.1 Å². The van der Waals surface area contributed by atoms with Gasteiger partial charge in [0.25, 0.3) is 5.91 Å². The molecule has 3 aromatic rings. The molecule has 0 atom stereocenters. The molecule has 0 spiro atoms. The number of nitrogens with zero attached hydrogens (tertiary/aromatic N) is 2. The second-order valence-corrected chi connectivity index (χ2v) is 7.58. The molecule has 1 aliphatic heterocycles. The lowest BCUT2D eigenvalue weighted by molar-refractivity contribution is -0.118. The number of anilines is 2. The van der Waals surface area contributed by atoms with Gasteiger partial charge in [-0.15, -0.1) is 0 Å². The predicted molar refractivity (Wildman–Crippen MR) is 123 cm³/mol. The summed E-state index contributed by atoms with van der Waals surface area (Å²) in [5.41, 5.74) is 4.56. The number of ether oxygens (including phenoxy) is 1. The number of rotatable bonds is 6. The fraction of sp³-hybridized carbons (Fsp3) is 0.192. The molecule has 0 unspecified atom stereocenters. The number of hydrogen-bond acceptors (Lipinski definition) is 4. The van der Waals surface area contributed by atoms with Crippen molar-refractivity contribution in [3.8, 4) is 11.8 Å². The van der Waals surface area contributed by atoms with Crippen LogP contribution < -0.4 is 15.0 Å². The highest BCUT2D eigenvalue weighted by Gasteiger charge is 2.24. The molecule has 6 nitrogen and oxygen atoms in total. The van der Waals surface area contributed by atoms with Crippen molar-refractivity contribution in [2.24, 2.45) is 0 Å². The highest BCUT2D eigenvalue weighted by atomic mass is 16.5. The molecule has 6 heteroatoms. The molecule has 2 amide bonds. The van der Waals surface area contributed by atoms with Crippen LogP contribution in [-0.4, -0.2) is 18.4 Å². The topological polar surface area (TPSA) is 82.4 Å². The average Bonchev–Trinajstić information content (AvgIpc) is 3.26. The van der Waals surface area contributed by atoms with E-state index in [0.717, 1.165) is 23.2 Å². The van der Waals surface area contributed by atoms with Gasteiger partial charge < -0.3 is 15.0 Å². The van der Waals surface area contributed by atoms with Gasteiger partial charge in [0.15, 0.2) is 0 Å². The number of amides is 2. The lowest BCUT2D eigenvalue weighted by Gasteiger charge is -2.16. The second-order valence-electron chi connectivity index (χ2n) is 7.58. The molecule has 1 N–H and O–H groups in total. The van der Waals surface area contributed by atoms with E-state index in [-0.39, 0.29) is 11.8 Å². The van der Waals surface area contributed by atoms with E-state index in [1.807, 2.05) is 43.3 Å². The monoisotopic (exact) mass is 425 g/mol. The van der Waals surface area contributed by atoms with Gasteiger partial charge in [-0.2, -0.15) is 5.26 Å². The number of carbonyl (C=O) groups is 2. The summed E-state index contributed by atoms with van der Waals surface area (Å²) >= 11 is 0. The van der Waals surface area contributed by atoms with Crippen molar-refractivity contribution in [1.82, 2.24) is 0 Å². The van der Waals surface area contributed by atoms with E-state index >= 15 is 0 Å². The fourth-order valence-electron chi connectivity index (χ4n) is 3.76. The zero-order valence-corrected chi connectivity index (χ0v) is 17.8. The molecule has 3 aromatic carbocycles. The van der Waals surface area contributed by atoms with Gasteiger partial charge in [-0.1, -0.05) is 25.1 Å². The summed E-state index contributed by atoms with van der Waals surface area (Å²) < 4.78 is 5.83. The Morgan fingerprint density at radius 3 is 2.75 bits per heavy atom. The Balaban J connectivity index is 1.42. The van der Waals surface area contributed by atoms with Gasteiger partial charge in [-0.05, 0) is 60.0 Å². The smallest absolute Gasteiger partial charge is 0.255 e. The van der Waals surface area contributed by atoms with Crippen LogP contribution in [0, 0.1) is 11.3 Å². The number of nitriles is 1. The first-order valence-corrected chi connectivity index (χ1v) is 10.5. The maximum absolute atomic E-state index is 12.8. The van der Waals surface area contributed by atoms with Crippen LogP contribution in [0.5, 0.6) is 5.75 Å². The minimum absolute atomic E-state index is 0.0946. The average molecular weight is 425 g/mol. The number of benzene rings is 3. The number of fused-ring (bicyclic) bond motifs is 1. The molecule has 160 valence electrons. The molecule has 0 fully saturated rings. The van der Waals surface area contributed by atoms with E-state index in [4.69, 9.17) is 10.00 Å². The maximum Gasteiger partial charge on any atom is 0.255 e. The summed E-state index contributed by atoms with van der Waals surface area (Å²) in [5, 5.41) is 11.9. The van der Waals surface area contributed by atoms with Crippen LogP contribution in [0.3, 0.4) is 0 Å². The third-order valence-corrected chi connectivity index (χ3v) is 5.39. The van der Waals surface area contributed by atoms with Crippen molar-refractivity contribution in [2.75, 3.05) is 16.8 Å². The molecule has 0 saturated heterocycles. The largest absolute Gasteiger partial charge is 0.489 e. The molecule has 0 radical (unpaired) electrons. The van der Waals surface area contributed by atoms with Crippen molar-refractivity contribution < 1.29 is 14.3 Å². The van der Waals surface area contributed by atoms with Gasteiger partial charge in [0, 0.05) is 36.0 Å². The van der Waals surface area contributed by atoms with E-state index in [2.05, 4.69) is 11.4 Å². The standard InChI is InChI=1S/C26H23N3O3/c1-2-25(30)29-12-11-20-14-21(9-10-24(20)29)26(31)28-22-7-4-8-23(15-22)32-17-19-6-3-5-18(13-19)16-27/h3-10,13-15H,2,11-12,17H2,1H3,(H,28,31). The first-order chi connectivity index (χ1) is 15.6. The fourth-order valence-corrected chi connectivity index (χ4v) is 3.76. The Morgan fingerprint density at radius 2 is 1.94 bits per heavy atom. The zero-order chi connectivity index (χ0) is 22.5. The molecule has 1 aliphatic rings. The second kappa shape index (κ2) is 9.36. The lowest BCUT2D eigenvalue weighted by atomic mass is 10.1. The SMILES string of the molecule is CCC(=O)N1CCc2cc(C(=O)Nc3cccc(OCc4cccc(C#N)c4)c3)ccc21. The van der Waals surface area contributed by atoms with Crippen LogP contribution >= 0.6 is 0 Å². The third kappa shape index (κ3) is 4.62. The number of hydrogen-bond donors (Lipinski definition) is 1. The Bertz CT molecular complexity index is 1210. The quantitative estimate of drug-likeness (QED) is 0.621. The minimum atomic E-state index is -0.216. The molecule has 4 rings (SSSR count). The van der Waals surface area contributed by atoms with E-state index in [9.17, 15) is 9.59 Å². The molecule has 0 saturated carbocycles. The molecule has 1 heterocycles. The van der Waals surface area contributed by atoms with Crippen LogP contribution in [0.25, 0.3) is 0 Å². The van der Waals surface area contributed by atoms with Crippen LogP contribution in [0.4, 0.5) is 11.4 Å². The molecule has 0 aromatic heterocycles. The Hall–Kier alpha value is -4.11. The maximum atomic E-state index is 12.8. The van der Waals surface area contributed by atoms with Crippen molar-refractivity contribution in [2.45, 2.75) is 26.4 Å². The Kier molecular flexibility index (Phi) is 6.18.